The summed E-state index contributed by atoms with van der Waals surface area (Å²) >= 11 is 3.29. The molecule has 3 N–H and O–H groups in total. The number of hydrogen-bond donors (Lipinski definition) is 3. The molecule has 0 aliphatic rings. The zero-order chi connectivity index (χ0) is 11.0. The summed E-state index contributed by atoms with van der Waals surface area (Å²) < 4.78 is 0.841. The Morgan fingerprint density at radius 1 is 1.47 bits per heavy atom. The predicted octanol–water partition coefficient (Wildman–Crippen LogP) is 2.05. The molecule has 0 fully saturated rings. The van der Waals surface area contributed by atoms with Crippen molar-refractivity contribution in [3.8, 4) is 0 Å². The Labute approximate surface area is 93.7 Å². The zero-order valence-corrected chi connectivity index (χ0v) is 9.15. The third-order valence-electron chi connectivity index (χ3n) is 2.20. The van der Waals surface area contributed by atoms with Crippen molar-refractivity contribution in [3.05, 3.63) is 34.4 Å². The maximum atomic E-state index is 10.7. The first-order chi connectivity index (χ1) is 7.09. The van der Waals surface area contributed by atoms with E-state index in [1.807, 2.05) is 12.1 Å². The molecule has 0 aliphatic heterocycles. The molecule has 5 heteroatoms. The molecule has 0 radical (unpaired) electrons. The van der Waals surface area contributed by atoms with Crippen molar-refractivity contribution in [3.63, 3.8) is 0 Å². The molecule has 0 aliphatic carbocycles. The number of carboxylic acids is 1. The van der Waals surface area contributed by atoms with Gasteiger partial charge >= 0.3 is 5.97 Å². The van der Waals surface area contributed by atoms with Crippen molar-refractivity contribution in [2.24, 2.45) is 0 Å². The van der Waals surface area contributed by atoms with Crippen molar-refractivity contribution < 1.29 is 15.0 Å². The fourth-order valence-corrected chi connectivity index (χ4v) is 1.83. The van der Waals surface area contributed by atoms with Gasteiger partial charge in [0.15, 0.2) is 6.10 Å². The minimum atomic E-state index is -1.49. The van der Waals surface area contributed by atoms with E-state index in [-0.39, 0.29) is 0 Å². The first kappa shape index (κ1) is 10.2. The number of H-pyrrole nitrogens is 1. The maximum Gasteiger partial charge on any atom is 0.337 e. The Morgan fingerprint density at radius 2 is 2.20 bits per heavy atom. The molecule has 0 bridgehead atoms. The Bertz CT molecular complexity index is 520. The van der Waals surface area contributed by atoms with Crippen molar-refractivity contribution in [2.45, 2.75) is 6.10 Å². The zero-order valence-electron chi connectivity index (χ0n) is 7.57. The molecule has 0 spiro atoms. The Kier molecular flexibility index (Phi) is 2.50. The lowest BCUT2D eigenvalue weighted by atomic mass is 10.1. The van der Waals surface area contributed by atoms with Gasteiger partial charge < -0.3 is 15.2 Å². The maximum absolute atomic E-state index is 10.7. The van der Waals surface area contributed by atoms with E-state index in [0.29, 0.717) is 10.9 Å². The second kappa shape index (κ2) is 3.67. The lowest BCUT2D eigenvalue weighted by molar-refractivity contribution is -0.146. The van der Waals surface area contributed by atoms with Crippen LogP contribution in [0.15, 0.2) is 28.9 Å². The molecule has 1 heterocycles. The highest BCUT2D eigenvalue weighted by Gasteiger charge is 2.19. The molecule has 15 heavy (non-hydrogen) atoms. The molecular weight excluding hydrogens is 262 g/mol. The van der Waals surface area contributed by atoms with Crippen LogP contribution in [-0.2, 0) is 4.79 Å². The van der Waals surface area contributed by atoms with Crippen LogP contribution in [0.3, 0.4) is 0 Å². The number of aliphatic hydroxyl groups is 1. The topological polar surface area (TPSA) is 73.3 Å². The van der Waals surface area contributed by atoms with Gasteiger partial charge in [-0.2, -0.15) is 0 Å². The van der Waals surface area contributed by atoms with Crippen LogP contribution in [0.1, 0.15) is 11.7 Å². The van der Waals surface area contributed by atoms with Crippen LogP contribution in [0.4, 0.5) is 0 Å². The number of halogens is 1. The molecule has 1 atom stereocenters. The molecular formula is C10H8BrNO3. The normalized spacial score (nSPS) is 12.9. The van der Waals surface area contributed by atoms with Crippen molar-refractivity contribution in [2.75, 3.05) is 0 Å². The van der Waals surface area contributed by atoms with E-state index in [0.717, 1.165) is 9.99 Å². The summed E-state index contributed by atoms with van der Waals surface area (Å²) in [6.07, 6.45) is 0.0173. The van der Waals surface area contributed by atoms with Crippen molar-refractivity contribution >= 4 is 32.8 Å². The fraction of sp³-hybridized carbons (Fsp3) is 0.100. The first-order valence-electron chi connectivity index (χ1n) is 4.27. The van der Waals surface area contributed by atoms with E-state index in [2.05, 4.69) is 20.9 Å². The average molecular weight is 270 g/mol. The van der Waals surface area contributed by atoms with Gasteiger partial charge in [-0.25, -0.2) is 4.79 Å². The van der Waals surface area contributed by atoms with Gasteiger partial charge in [-0.1, -0.05) is 15.9 Å². The number of nitrogens with one attached hydrogen (secondary N) is 1. The fourth-order valence-electron chi connectivity index (χ4n) is 1.47. The summed E-state index contributed by atoms with van der Waals surface area (Å²) in [5.74, 6) is -1.25. The van der Waals surface area contributed by atoms with Gasteiger partial charge in [-0.05, 0) is 18.2 Å². The van der Waals surface area contributed by atoms with Crippen LogP contribution in [0.2, 0.25) is 0 Å². The van der Waals surface area contributed by atoms with E-state index in [4.69, 9.17) is 5.11 Å². The number of benzene rings is 1. The quantitative estimate of drug-likeness (QED) is 0.781. The SMILES string of the molecule is O=C(O)C(O)c1c[nH]c2ccc(Br)cc12. The number of hydrogen-bond acceptors (Lipinski definition) is 2. The standard InChI is InChI=1S/C10H8BrNO3/c11-5-1-2-8-6(3-5)7(4-12-8)9(13)10(14)15/h1-4,9,12-13H,(H,14,15). The number of aromatic amines is 1. The van der Waals surface area contributed by atoms with Crippen LogP contribution < -0.4 is 0 Å². The number of aliphatic carboxylic acids is 1. The van der Waals surface area contributed by atoms with Gasteiger partial charge in [0.05, 0.1) is 0 Å². The summed E-state index contributed by atoms with van der Waals surface area (Å²) in [7, 11) is 0. The average Bonchev–Trinajstić information content (AvgIpc) is 2.59. The van der Waals surface area contributed by atoms with E-state index >= 15 is 0 Å². The van der Waals surface area contributed by atoms with Gasteiger partial charge in [0, 0.05) is 27.1 Å². The lowest BCUT2D eigenvalue weighted by Gasteiger charge is -2.03. The molecule has 2 aromatic rings. The minimum absolute atomic E-state index is 0.374. The molecule has 4 nitrogen and oxygen atoms in total. The van der Waals surface area contributed by atoms with Crippen LogP contribution in [0, 0.1) is 0 Å². The van der Waals surface area contributed by atoms with E-state index in [1.54, 1.807) is 6.07 Å². The summed E-state index contributed by atoms with van der Waals surface area (Å²) in [6.45, 7) is 0. The highest BCUT2D eigenvalue weighted by atomic mass is 79.9. The lowest BCUT2D eigenvalue weighted by Crippen LogP contribution is -2.09. The molecule has 1 unspecified atom stereocenters. The van der Waals surface area contributed by atoms with E-state index < -0.39 is 12.1 Å². The number of carbonyl (C=O) groups is 1. The Balaban J connectivity index is 2.61. The monoisotopic (exact) mass is 269 g/mol. The second-order valence-corrected chi connectivity index (χ2v) is 4.09. The highest BCUT2D eigenvalue weighted by Crippen LogP contribution is 2.26. The summed E-state index contributed by atoms with van der Waals surface area (Å²) in [4.78, 5) is 13.6. The molecule has 1 aromatic carbocycles. The number of fused-ring (bicyclic) bond motifs is 1. The number of aliphatic hydroxyl groups excluding tert-OH is 1. The minimum Gasteiger partial charge on any atom is -0.479 e. The Hall–Kier alpha value is -1.33. The molecule has 0 saturated heterocycles. The van der Waals surface area contributed by atoms with Gasteiger partial charge in [0.2, 0.25) is 0 Å². The van der Waals surface area contributed by atoms with Crippen LogP contribution >= 0.6 is 15.9 Å². The molecule has 2 rings (SSSR count). The largest absolute Gasteiger partial charge is 0.479 e. The van der Waals surface area contributed by atoms with Gasteiger partial charge in [0.1, 0.15) is 0 Å². The smallest absolute Gasteiger partial charge is 0.337 e. The van der Waals surface area contributed by atoms with Crippen LogP contribution in [-0.4, -0.2) is 21.2 Å². The van der Waals surface area contributed by atoms with E-state index in [9.17, 15) is 9.90 Å². The van der Waals surface area contributed by atoms with Crippen LogP contribution in [0.5, 0.6) is 0 Å². The third-order valence-corrected chi connectivity index (χ3v) is 2.70. The molecule has 0 amide bonds. The van der Waals surface area contributed by atoms with Crippen LogP contribution in [0.25, 0.3) is 10.9 Å². The molecule has 0 saturated carbocycles. The predicted molar refractivity (Wildman–Crippen MR) is 58.6 cm³/mol. The number of rotatable bonds is 2. The third kappa shape index (κ3) is 1.75. The van der Waals surface area contributed by atoms with Gasteiger partial charge in [-0.15, -0.1) is 0 Å². The summed E-state index contributed by atoms with van der Waals surface area (Å²) in [5.41, 5.74) is 1.17. The second-order valence-electron chi connectivity index (χ2n) is 3.17. The molecule has 78 valence electrons. The van der Waals surface area contributed by atoms with Crippen molar-refractivity contribution in [1.29, 1.82) is 0 Å². The first-order valence-corrected chi connectivity index (χ1v) is 5.06. The summed E-state index contributed by atoms with van der Waals surface area (Å²) in [5, 5.41) is 18.9. The highest BCUT2D eigenvalue weighted by molar-refractivity contribution is 9.10. The Morgan fingerprint density at radius 3 is 2.87 bits per heavy atom. The summed E-state index contributed by atoms with van der Waals surface area (Å²) in [6, 6.07) is 5.43. The number of carboxylic acid groups (broad SMARTS) is 1. The van der Waals surface area contributed by atoms with Crippen molar-refractivity contribution in [1.82, 2.24) is 4.98 Å². The van der Waals surface area contributed by atoms with Gasteiger partial charge in [-0.3, -0.25) is 0 Å². The van der Waals surface area contributed by atoms with E-state index in [1.165, 1.54) is 6.20 Å². The molecule has 1 aromatic heterocycles. The number of aromatic nitrogens is 1. The van der Waals surface area contributed by atoms with Gasteiger partial charge in [0.25, 0.3) is 0 Å².